The van der Waals surface area contributed by atoms with Crippen LogP contribution in [0.1, 0.15) is 26.3 Å². The summed E-state index contributed by atoms with van der Waals surface area (Å²) in [5.41, 5.74) is 0.231. The molecule has 0 spiro atoms. The van der Waals surface area contributed by atoms with Crippen LogP contribution in [0.4, 0.5) is 4.79 Å². The first-order valence-electron chi connectivity index (χ1n) is 8.74. The summed E-state index contributed by atoms with van der Waals surface area (Å²) in [5, 5.41) is 2.63. The number of ether oxygens (including phenoxy) is 1. The molecule has 5 nitrogen and oxygen atoms in total. The van der Waals surface area contributed by atoms with E-state index in [4.69, 9.17) is 4.74 Å². The maximum atomic E-state index is 12.8. The van der Waals surface area contributed by atoms with E-state index in [1.54, 1.807) is 45.0 Å². The van der Waals surface area contributed by atoms with Gasteiger partial charge in [-0.25, -0.2) is 4.79 Å². The van der Waals surface area contributed by atoms with E-state index in [2.05, 4.69) is 5.32 Å². The second-order valence-electron chi connectivity index (χ2n) is 7.16. The highest BCUT2D eigenvalue weighted by Crippen LogP contribution is 2.11. The number of nitrogens with one attached hydrogen (secondary N) is 1. The maximum absolute atomic E-state index is 12.8. The number of amides is 1. The predicted octanol–water partition coefficient (Wildman–Crippen LogP) is 3.50. The Bertz CT molecular complexity index is 785. The van der Waals surface area contributed by atoms with Crippen molar-refractivity contribution in [1.82, 2.24) is 5.32 Å². The quantitative estimate of drug-likeness (QED) is 0.789. The molecule has 2 aromatic carbocycles. The third-order valence-electron chi connectivity index (χ3n) is 3.64. The molecule has 0 aromatic heterocycles. The summed E-state index contributed by atoms with van der Waals surface area (Å²) in [6.07, 6.45) is -0.354. The van der Waals surface area contributed by atoms with Gasteiger partial charge in [0.15, 0.2) is 5.78 Å². The van der Waals surface area contributed by atoms with E-state index in [1.807, 2.05) is 36.4 Å². The summed E-state index contributed by atoms with van der Waals surface area (Å²) in [6.45, 7) is 5.27. The Kier molecular flexibility index (Phi) is 7.30. The molecule has 6 heteroatoms. The molecular formula is C21H25NO4S. The van der Waals surface area contributed by atoms with Crippen LogP contribution in [-0.2, 0) is 26.8 Å². The van der Waals surface area contributed by atoms with Crippen molar-refractivity contribution in [1.29, 1.82) is 0 Å². The number of ketones is 1. The van der Waals surface area contributed by atoms with Crippen molar-refractivity contribution in [2.75, 3.05) is 5.75 Å². The zero-order valence-corrected chi connectivity index (χ0v) is 16.6. The first-order chi connectivity index (χ1) is 12.7. The fourth-order valence-electron chi connectivity index (χ4n) is 2.43. The van der Waals surface area contributed by atoms with Gasteiger partial charge in [0, 0.05) is 4.90 Å². The Labute approximate surface area is 162 Å². The molecule has 1 N–H and O–H groups in total. The molecule has 0 heterocycles. The van der Waals surface area contributed by atoms with Crippen molar-refractivity contribution in [3.8, 4) is 0 Å². The van der Waals surface area contributed by atoms with Gasteiger partial charge in [-0.3, -0.25) is 9.00 Å². The molecule has 0 bridgehead atoms. The molecule has 2 atom stereocenters. The van der Waals surface area contributed by atoms with Crippen molar-refractivity contribution in [3.05, 3.63) is 66.2 Å². The lowest BCUT2D eigenvalue weighted by atomic mass is 10.0. The van der Waals surface area contributed by atoms with Gasteiger partial charge < -0.3 is 10.1 Å². The van der Waals surface area contributed by atoms with Crippen molar-refractivity contribution >= 4 is 22.7 Å². The molecule has 0 saturated heterocycles. The van der Waals surface area contributed by atoms with Crippen LogP contribution in [0.3, 0.4) is 0 Å². The Morgan fingerprint density at radius 1 is 1.00 bits per heavy atom. The molecule has 0 radical (unpaired) electrons. The minimum absolute atomic E-state index is 0.169. The lowest BCUT2D eigenvalue weighted by molar-refractivity contribution is -0.118. The van der Waals surface area contributed by atoms with E-state index in [0.29, 0.717) is 11.3 Å². The van der Waals surface area contributed by atoms with Gasteiger partial charge in [-0.2, -0.15) is 0 Å². The van der Waals surface area contributed by atoms with E-state index in [9.17, 15) is 13.8 Å². The van der Waals surface area contributed by atoms with E-state index in [0.717, 1.165) is 5.56 Å². The molecule has 0 aliphatic carbocycles. The van der Waals surface area contributed by atoms with Gasteiger partial charge in [-0.1, -0.05) is 48.5 Å². The van der Waals surface area contributed by atoms with Gasteiger partial charge in [0.1, 0.15) is 5.60 Å². The normalized spacial score (nSPS) is 13.4. The van der Waals surface area contributed by atoms with Gasteiger partial charge in [0.2, 0.25) is 0 Å². The van der Waals surface area contributed by atoms with Crippen molar-refractivity contribution < 1.29 is 18.5 Å². The van der Waals surface area contributed by atoms with Crippen molar-refractivity contribution in [3.63, 3.8) is 0 Å². The lowest BCUT2D eigenvalue weighted by Crippen LogP contribution is -2.46. The van der Waals surface area contributed by atoms with E-state index < -0.39 is 28.5 Å². The standard InChI is InChI=1S/C21H25NO4S/c1-21(2,3)26-20(24)22-18(14-16-10-6-4-7-11-16)19(23)15-27(25)17-12-8-5-9-13-17/h4-13,18H,14-15H2,1-3H3,(H,22,24)/t18-,27?/m0/s1. The highest BCUT2D eigenvalue weighted by molar-refractivity contribution is 7.85. The van der Waals surface area contributed by atoms with Crippen LogP contribution in [-0.4, -0.2) is 33.5 Å². The minimum Gasteiger partial charge on any atom is -0.444 e. The Morgan fingerprint density at radius 3 is 2.11 bits per heavy atom. The Balaban J connectivity index is 2.11. The third-order valence-corrected chi connectivity index (χ3v) is 4.99. The lowest BCUT2D eigenvalue weighted by Gasteiger charge is -2.23. The Hall–Kier alpha value is -2.47. The monoisotopic (exact) mass is 387 g/mol. The van der Waals surface area contributed by atoms with Crippen LogP contribution in [0.5, 0.6) is 0 Å². The average molecular weight is 388 g/mol. The second-order valence-corrected chi connectivity index (χ2v) is 8.61. The number of Topliss-reactive ketones (excluding diaryl/α,β-unsaturated/α-hetero) is 1. The number of carbonyl (C=O) groups excluding carboxylic acids is 2. The third kappa shape index (κ3) is 7.35. The van der Waals surface area contributed by atoms with Crippen molar-refractivity contribution in [2.24, 2.45) is 0 Å². The zero-order valence-electron chi connectivity index (χ0n) is 15.8. The molecular weight excluding hydrogens is 362 g/mol. The van der Waals surface area contributed by atoms with Gasteiger partial charge in [0.25, 0.3) is 0 Å². The summed E-state index contributed by atoms with van der Waals surface area (Å²) >= 11 is 0. The molecule has 1 unspecified atom stereocenters. The fourth-order valence-corrected chi connectivity index (χ4v) is 3.52. The van der Waals surface area contributed by atoms with Crippen LogP contribution in [0, 0.1) is 0 Å². The number of hydrogen-bond acceptors (Lipinski definition) is 4. The number of alkyl carbamates (subject to hydrolysis) is 1. The maximum Gasteiger partial charge on any atom is 0.408 e. The van der Waals surface area contributed by atoms with E-state index in [1.165, 1.54) is 0 Å². The zero-order chi connectivity index (χ0) is 19.9. The highest BCUT2D eigenvalue weighted by Gasteiger charge is 2.26. The summed E-state index contributed by atoms with van der Waals surface area (Å²) in [4.78, 5) is 25.5. The van der Waals surface area contributed by atoms with Gasteiger partial charge in [-0.15, -0.1) is 0 Å². The number of carbonyl (C=O) groups is 2. The SMILES string of the molecule is CC(C)(C)OC(=O)N[C@@H](Cc1ccccc1)C(=O)CS(=O)c1ccccc1. The van der Waals surface area contributed by atoms with Gasteiger partial charge >= 0.3 is 6.09 Å². The molecule has 2 aromatic rings. The summed E-state index contributed by atoms with van der Waals surface area (Å²) < 4.78 is 17.7. The molecule has 2 rings (SSSR count). The van der Waals surface area contributed by atoms with Crippen LogP contribution >= 0.6 is 0 Å². The summed E-state index contributed by atoms with van der Waals surface area (Å²) in [5.74, 6) is -0.469. The molecule has 0 aliphatic rings. The molecule has 0 aliphatic heterocycles. The topological polar surface area (TPSA) is 72.5 Å². The van der Waals surface area contributed by atoms with Crippen LogP contribution in [0.25, 0.3) is 0 Å². The van der Waals surface area contributed by atoms with Crippen molar-refractivity contribution in [2.45, 2.75) is 43.7 Å². The van der Waals surface area contributed by atoms with Crippen LogP contribution in [0.15, 0.2) is 65.6 Å². The molecule has 0 saturated carbocycles. The number of rotatable bonds is 7. The molecule has 144 valence electrons. The fraction of sp³-hybridized carbons (Fsp3) is 0.333. The minimum atomic E-state index is -1.47. The van der Waals surface area contributed by atoms with Gasteiger partial charge in [0.05, 0.1) is 22.6 Å². The smallest absolute Gasteiger partial charge is 0.408 e. The first-order valence-corrected chi connectivity index (χ1v) is 10.1. The number of hydrogen-bond donors (Lipinski definition) is 1. The first kappa shape index (κ1) is 20.8. The van der Waals surface area contributed by atoms with Crippen LogP contribution < -0.4 is 5.32 Å². The van der Waals surface area contributed by atoms with Crippen LogP contribution in [0.2, 0.25) is 0 Å². The van der Waals surface area contributed by atoms with E-state index >= 15 is 0 Å². The Morgan fingerprint density at radius 2 is 1.56 bits per heavy atom. The predicted molar refractivity (Wildman–Crippen MR) is 106 cm³/mol. The largest absolute Gasteiger partial charge is 0.444 e. The molecule has 1 amide bonds. The van der Waals surface area contributed by atoms with E-state index in [-0.39, 0.29) is 11.5 Å². The number of benzene rings is 2. The average Bonchev–Trinajstić information content (AvgIpc) is 2.61. The highest BCUT2D eigenvalue weighted by atomic mass is 32.2. The molecule has 27 heavy (non-hydrogen) atoms. The summed E-state index contributed by atoms with van der Waals surface area (Å²) in [7, 11) is -1.47. The van der Waals surface area contributed by atoms with Gasteiger partial charge in [-0.05, 0) is 44.9 Å². The summed E-state index contributed by atoms with van der Waals surface area (Å²) in [6, 6.07) is 17.4. The molecule has 0 fully saturated rings. The second kappa shape index (κ2) is 9.46.